The Balaban J connectivity index is 1.64. The highest BCUT2D eigenvalue weighted by Crippen LogP contribution is 2.29. The average molecular weight is 496 g/mol. The quantitative estimate of drug-likeness (QED) is 0.543. The van der Waals surface area contributed by atoms with Crippen molar-refractivity contribution < 1.29 is 19.1 Å². The first-order valence-corrected chi connectivity index (χ1v) is 12.5. The largest absolute Gasteiger partial charge is 0.444 e. The number of aromatic nitrogens is 2. The van der Waals surface area contributed by atoms with E-state index in [1.54, 1.807) is 27.9 Å². The van der Waals surface area contributed by atoms with Crippen molar-refractivity contribution in [2.45, 2.75) is 83.0 Å². The number of amides is 2. The normalized spacial score (nSPS) is 16.0. The van der Waals surface area contributed by atoms with Crippen molar-refractivity contribution in [3.63, 3.8) is 0 Å². The molecule has 1 aliphatic rings. The van der Waals surface area contributed by atoms with Crippen LogP contribution >= 0.6 is 0 Å². The highest BCUT2D eigenvalue weighted by molar-refractivity contribution is 5.90. The Labute approximate surface area is 213 Å². The van der Waals surface area contributed by atoms with Crippen molar-refractivity contribution in [1.29, 1.82) is 5.26 Å². The van der Waals surface area contributed by atoms with Crippen LogP contribution in [0.5, 0.6) is 0 Å². The van der Waals surface area contributed by atoms with Gasteiger partial charge in [-0.1, -0.05) is 43.5 Å². The highest BCUT2D eigenvalue weighted by atomic mass is 16.6. The van der Waals surface area contributed by atoms with E-state index in [2.05, 4.69) is 21.8 Å². The predicted octanol–water partition coefficient (Wildman–Crippen LogP) is 3.97. The lowest BCUT2D eigenvalue weighted by atomic mass is 9.80. The molecule has 1 heterocycles. The van der Waals surface area contributed by atoms with Crippen molar-refractivity contribution in [3.05, 3.63) is 42.2 Å². The Bertz CT molecular complexity index is 1060. The zero-order chi connectivity index (χ0) is 26.2. The summed E-state index contributed by atoms with van der Waals surface area (Å²) in [5.74, 6) is -0.334. The summed E-state index contributed by atoms with van der Waals surface area (Å²) >= 11 is 0. The molecule has 1 aromatic carbocycles. The van der Waals surface area contributed by atoms with Crippen molar-refractivity contribution in [2.75, 3.05) is 13.7 Å². The van der Waals surface area contributed by atoms with Crippen LogP contribution < -0.4 is 10.6 Å². The Kier molecular flexibility index (Phi) is 9.10. The molecule has 0 saturated heterocycles. The van der Waals surface area contributed by atoms with E-state index in [1.165, 1.54) is 0 Å². The van der Waals surface area contributed by atoms with Crippen LogP contribution in [0.1, 0.15) is 58.4 Å². The number of nitriles is 1. The molecule has 1 aliphatic carbocycles. The SMILES string of the molecule is COCCn1cc(-c2ccc(C[C@@H](C#N)NC(=O)C3(NC(=O)OC(C)(C)C)CCCCC3)cc2)cn1. The summed E-state index contributed by atoms with van der Waals surface area (Å²) in [6, 6.07) is 9.34. The topological polar surface area (TPSA) is 118 Å². The number of rotatable bonds is 9. The number of methoxy groups -OCH3 is 1. The molecule has 0 bridgehead atoms. The molecule has 1 fully saturated rings. The smallest absolute Gasteiger partial charge is 0.408 e. The standard InChI is InChI=1S/C27H37N5O4/c1-26(2,3)36-25(34)31-27(12-6-5-7-13-27)24(33)30-23(17-28)16-20-8-10-21(11-9-20)22-18-29-32(19-22)14-15-35-4/h8-11,18-19,23H,5-7,12-16H2,1-4H3,(H,30,33)(H,31,34)/t23-/m0/s1. The lowest BCUT2D eigenvalue weighted by Gasteiger charge is -2.37. The van der Waals surface area contributed by atoms with Crippen molar-refractivity contribution in [1.82, 2.24) is 20.4 Å². The summed E-state index contributed by atoms with van der Waals surface area (Å²) in [6.45, 7) is 6.62. The van der Waals surface area contributed by atoms with Gasteiger partial charge in [0.1, 0.15) is 17.2 Å². The molecule has 0 radical (unpaired) electrons. The highest BCUT2D eigenvalue weighted by Gasteiger charge is 2.42. The van der Waals surface area contributed by atoms with Gasteiger partial charge in [0.25, 0.3) is 0 Å². The number of benzene rings is 1. The first-order valence-electron chi connectivity index (χ1n) is 12.5. The molecule has 2 aromatic rings. The number of hydrogen-bond acceptors (Lipinski definition) is 6. The van der Waals surface area contributed by atoms with E-state index in [4.69, 9.17) is 9.47 Å². The molecule has 194 valence electrons. The summed E-state index contributed by atoms with van der Waals surface area (Å²) in [4.78, 5) is 25.8. The summed E-state index contributed by atoms with van der Waals surface area (Å²) < 4.78 is 12.3. The van der Waals surface area contributed by atoms with Gasteiger partial charge in [-0.25, -0.2) is 4.79 Å². The molecule has 9 nitrogen and oxygen atoms in total. The fourth-order valence-electron chi connectivity index (χ4n) is 4.38. The van der Waals surface area contributed by atoms with E-state index in [-0.39, 0.29) is 5.91 Å². The van der Waals surface area contributed by atoms with E-state index in [0.29, 0.717) is 32.4 Å². The molecule has 1 atom stereocenters. The number of carbonyl (C=O) groups is 2. The third kappa shape index (κ3) is 7.56. The molecule has 36 heavy (non-hydrogen) atoms. The molecule has 9 heteroatoms. The lowest BCUT2D eigenvalue weighted by Crippen LogP contribution is -2.61. The van der Waals surface area contributed by atoms with Gasteiger partial charge in [-0.05, 0) is 44.7 Å². The van der Waals surface area contributed by atoms with Crippen molar-refractivity contribution in [3.8, 4) is 17.2 Å². The Morgan fingerprint density at radius 2 is 1.86 bits per heavy atom. The van der Waals surface area contributed by atoms with Crippen LogP contribution in [0.25, 0.3) is 11.1 Å². The summed E-state index contributed by atoms with van der Waals surface area (Å²) in [6.07, 6.45) is 7.20. The number of ether oxygens (including phenoxy) is 2. The first-order chi connectivity index (χ1) is 17.1. The fourth-order valence-corrected chi connectivity index (χ4v) is 4.38. The van der Waals surface area contributed by atoms with E-state index < -0.39 is 23.3 Å². The minimum Gasteiger partial charge on any atom is -0.444 e. The Morgan fingerprint density at radius 1 is 1.17 bits per heavy atom. The molecule has 0 unspecified atom stereocenters. The number of carbonyl (C=O) groups excluding carboxylic acids is 2. The molecular formula is C27H37N5O4. The van der Waals surface area contributed by atoms with Crippen LogP contribution in [0.15, 0.2) is 36.7 Å². The maximum Gasteiger partial charge on any atom is 0.408 e. The molecule has 2 N–H and O–H groups in total. The van der Waals surface area contributed by atoms with Crippen LogP contribution in [-0.4, -0.2) is 52.7 Å². The van der Waals surface area contributed by atoms with Gasteiger partial charge in [-0.3, -0.25) is 9.48 Å². The second kappa shape index (κ2) is 12.0. The number of hydrogen-bond donors (Lipinski definition) is 2. The average Bonchev–Trinajstić information content (AvgIpc) is 3.31. The number of nitrogens with one attached hydrogen (secondary N) is 2. The van der Waals surface area contributed by atoms with E-state index in [0.717, 1.165) is 36.0 Å². The molecule has 2 amide bonds. The van der Waals surface area contributed by atoms with Crippen LogP contribution in [0.3, 0.4) is 0 Å². The Hall–Kier alpha value is -3.38. The predicted molar refractivity (Wildman–Crippen MR) is 136 cm³/mol. The zero-order valence-corrected chi connectivity index (χ0v) is 21.7. The zero-order valence-electron chi connectivity index (χ0n) is 21.7. The molecule has 3 rings (SSSR count). The minimum atomic E-state index is -1.07. The summed E-state index contributed by atoms with van der Waals surface area (Å²) in [7, 11) is 1.66. The molecule has 0 spiro atoms. The van der Waals surface area contributed by atoms with E-state index >= 15 is 0 Å². The van der Waals surface area contributed by atoms with Gasteiger partial charge >= 0.3 is 6.09 Å². The van der Waals surface area contributed by atoms with Crippen LogP contribution in [-0.2, 0) is 27.2 Å². The lowest BCUT2D eigenvalue weighted by molar-refractivity contribution is -0.129. The van der Waals surface area contributed by atoms with Gasteiger partial charge in [0.05, 0.1) is 25.4 Å². The third-order valence-electron chi connectivity index (χ3n) is 6.23. The third-order valence-corrected chi connectivity index (χ3v) is 6.23. The van der Waals surface area contributed by atoms with Gasteiger partial charge in [0.2, 0.25) is 5.91 Å². The van der Waals surface area contributed by atoms with Gasteiger partial charge in [0.15, 0.2) is 0 Å². The van der Waals surface area contributed by atoms with Crippen LogP contribution in [0, 0.1) is 11.3 Å². The maximum atomic E-state index is 13.3. The first kappa shape index (κ1) is 27.2. The van der Waals surface area contributed by atoms with Gasteiger partial charge in [-0.15, -0.1) is 0 Å². The fraction of sp³-hybridized carbons (Fsp3) is 0.556. The molecule has 0 aliphatic heterocycles. The minimum absolute atomic E-state index is 0.334. The monoisotopic (exact) mass is 495 g/mol. The van der Waals surface area contributed by atoms with Crippen LogP contribution in [0.4, 0.5) is 4.79 Å². The van der Waals surface area contributed by atoms with Gasteiger partial charge in [-0.2, -0.15) is 10.4 Å². The van der Waals surface area contributed by atoms with Gasteiger partial charge < -0.3 is 20.1 Å². The second-order valence-electron chi connectivity index (χ2n) is 10.3. The molecular weight excluding hydrogens is 458 g/mol. The number of nitrogens with zero attached hydrogens (tertiary/aromatic N) is 3. The number of alkyl carbamates (subject to hydrolysis) is 1. The Morgan fingerprint density at radius 3 is 2.47 bits per heavy atom. The maximum absolute atomic E-state index is 13.3. The van der Waals surface area contributed by atoms with Crippen LogP contribution in [0.2, 0.25) is 0 Å². The molecule has 1 saturated carbocycles. The van der Waals surface area contributed by atoms with E-state index in [1.807, 2.05) is 41.3 Å². The van der Waals surface area contributed by atoms with Gasteiger partial charge in [0, 0.05) is 25.3 Å². The van der Waals surface area contributed by atoms with Crippen molar-refractivity contribution >= 4 is 12.0 Å². The summed E-state index contributed by atoms with van der Waals surface area (Å²) in [5, 5.41) is 19.8. The summed E-state index contributed by atoms with van der Waals surface area (Å²) in [5.41, 5.74) is 1.20. The van der Waals surface area contributed by atoms with Crippen molar-refractivity contribution in [2.24, 2.45) is 0 Å². The molecule has 1 aromatic heterocycles. The second-order valence-corrected chi connectivity index (χ2v) is 10.3. The van der Waals surface area contributed by atoms with E-state index in [9.17, 15) is 14.9 Å².